The highest BCUT2D eigenvalue weighted by atomic mass is 35.5. The van der Waals surface area contributed by atoms with E-state index in [0.29, 0.717) is 16.1 Å². The van der Waals surface area contributed by atoms with Gasteiger partial charge in [0.2, 0.25) is 10.0 Å². The van der Waals surface area contributed by atoms with Crippen LogP contribution in [-0.2, 0) is 29.3 Å². The average molecular weight is 484 g/mol. The van der Waals surface area contributed by atoms with E-state index in [9.17, 15) is 26.4 Å². The van der Waals surface area contributed by atoms with Crippen LogP contribution in [0.3, 0.4) is 0 Å². The predicted octanol–water partition coefficient (Wildman–Crippen LogP) is 5.45. The summed E-state index contributed by atoms with van der Waals surface area (Å²) in [7, 11) is -4.04. The molecule has 0 saturated carbocycles. The van der Waals surface area contributed by atoms with Crippen molar-refractivity contribution in [2.75, 3.05) is 0 Å². The Kier molecular flexibility index (Phi) is 6.92. The largest absolute Gasteiger partial charge is 0.478 e. The third-order valence-electron chi connectivity index (χ3n) is 4.65. The second-order valence-corrected chi connectivity index (χ2v) is 9.30. The molecule has 10 heteroatoms. The van der Waals surface area contributed by atoms with Crippen molar-refractivity contribution >= 4 is 27.6 Å². The minimum Gasteiger partial charge on any atom is -0.478 e. The van der Waals surface area contributed by atoms with Gasteiger partial charge in [0, 0.05) is 18.1 Å². The molecule has 3 aromatic rings. The zero-order chi connectivity index (χ0) is 23.5. The molecule has 1 N–H and O–H groups in total. The first-order valence-electron chi connectivity index (χ1n) is 9.21. The van der Waals surface area contributed by atoms with Gasteiger partial charge in [-0.1, -0.05) is 35.9 Å². The third-order valence-corrected chi connectivity index (χ3v) is 6.71. The Morgan fingerprint density at radius 3 is 1.75 bits per heavy atom. The molecule has 0 fully saturated rings. The second-order valence-electron chi connectivity index (χ2n) is 6.92. The fraction of sp³-hybridized carbons (Fsp3) is 0.136. The Bertz CT molecular complexity index is 1190. The number of nitrogens with zero attached hydrogens (tertiary/aromatic N) is 1. The van der Waals surface area contributed by atoms with E-state index in [0.717, 1.165) is 16.4 Å². The number of carboxylic acid groups (broad SMARTS) is 1. The summed E-state index contributed by atoms with van der Waals surface area (Å²) >= 11 is 5.84. The molecule has 0 aliphatic rings. The monoisotopic (exact) mass is 483 g/mol. The predicted molar refractivity (Wildman–Crippen MR) is 113 cm³/mol. The van der Waals surface area contributed by atoms with Crippen molar-refractivity contribution in [3.05, 3.63) is 100 Å². The third kappa shape index (κ3) is 5.67. The fourth-order valence-electron chi connectivity index (χ4n) is 2.94. The molecule has 0 aliphatic heterocycles. The van der Waals surface area contributed by atoms with Crippen LogP contribution < -0.4 is 0 Å². The minimum atomic E-state index is -4.50. The molecule has 0 spiro atoms. The van der Waals surface area contributed by atoms with E-state index < -0.39 is 27.7 Å². The summed E-state index contributed by atoms with van der Waals surface area (Å²) in [5.74, 6) is -1.12. The summed E-state index contributed by atoms with van der Waals surface area (Å²) in [5, 5.41) is 9.38. The zero-order valence-electron chi connectivity index (χ0n) is 16.4. The molecule has 0 saturated heterocycles. The van der Waals surface area contributed by atoms with Gasteiger partial charge >= 0.3 is 12.1 Å². The summed E-state index contributed by atoms with van der Waals surface area (Å²) in [6.07, 6.45) is -4.50. The maximum absolute atomic E-state index is 13.3. The first-order valence-corrected chi connectivity index (χ1v) is 11.0. The van der Waals surface area contributed by atoms with Gasteiger partial charge in [-0.05, 0) is 59.7 Å². The number of carbonyl (C=O) groups is 1. The van der Waals surface area contributed by atoms with Crippen molar-refractivity contribution < 1.29 is 31.5 Å². The molecule has 0 atom stereocenters. The molecule has 168 valence electrons. The van der Waals surface area contributed by atoms with Crippen LogP contribution in [0.15, 0.2) is 77.7 Å². The molecule has 0 heterocycles. The lowest BCUT2D eigenvalue weighted by Crippen LogP contribution is -2.30. The summed E-state index contributed by atoms with van der Waals surface area (Å²) in [6.45, 7) is -0.310. The number of aromatic carboxylic acids is 1. The van der Waals surface area contributed by atoms with Crippen LogP contribution in [0.5, 0.6) is 0 Å². The maximum Gasteiger partial charge on any atom is 0.416 e. The number of benzene rings is 3. The topological polar surface area (TPSA) is 74.7 Å². The Morgan fingerprint density at radius 1 is 0.844 bits per heavy atom. The average Bonchev–Trinajstić information content (AvgIpc) is 2.73. The number of rotatable bonds is 7. The van der Waals surface area contributed by atoms with E-state index >= 15 is 0 Å². The SMILES string of the molecule is O=C(O)c1ccc(CN(Cc2ccc(C(F)(F)F)cc2)S(=O)(=O)c2ccc(Cl)cc2)cc1. The Labute approximate surface area is 187 Å². The van der Waals surface area contributed by atoms with Gasteiger partial charge < -0.3 is 5.11 Å². The fourth-order valence-corrected chi connectivity index (χ4v) is 4.48. The highest BCUT2D eigenvalue weighted by Crippen LogP contribution is 2.30. The lowest BCUT2D eigenvalue weighted by molar-refractivity contribution is -0.137. The number of hydrogen-bond donors (Lipinski definition) is 1. The summed E-state index contributed by atoms with van der Waals surface area (Å²) in [6, 6.07) is 15.4. The zero-order valence-corrected chi connectivity index (χ0v) is 18.0. The van der Waals surface area contributed by atoms with E-state index in [1.807, 2.05) is 0 Å². The first kappa shape index (κ1) is 23.8. The number of hydrogen-bond acceptors (Lipinski definition) is 3. The Hall–Kier alpha value is -2.88. The number of alkyl halides is 3. The van der Waals surface area contributed by atoms with Crippen LogP contribution in [-0.4, -0.2) is 23.8 Å². The van der Waals surface area contributed by atoms with E-state index in [-0.39, 0.29) is 23.5 Å². The standard InChI is InChI=1S/C22H17ClF3NO4S/c23-19-9-11-20(12-10-19)32(30,31)27(13-15-1-5-17(6-2-15)21(28)29)14-16-3-7-18(8-4-16)22(24,25)26/h1-12H,13-14H2,(H,28,29). The molecule has 3 rings (SSSR count). The lowest BCUT2D eigenvalue weighted by atomic mass is 10.1. The van der Waals surface area contributed by atoms with Crippen LogP contribution in [0.2, 0.25) is 5.02 Å². The Morgan fingerprint density at radius 2 is 1.31 bits per heavy atom. The van der Waals surface area contributed by atoms with Crippen LogP contribution in [0.25, 0.3) is 0 Å². The van der Waals surface area contributed by atoms with Crippen LogP contribution >= 0.6 is 11.6 Å². The van der Waals surface area contributed by atoms with Gasteiger partial charge in [0.25, 0.3) is 0 Å². The van der Waals surface area contributed by atoms with Crippen LogP contribution in [0.4, 0.5) is 13.2 Å². The lowest BCUT2D eigenvalue weighted by Gasteiger charge is -2.23. The highest BCUT2D eigenvalue weighted by Gasteiger charge is 2.30. The molecule has 0 unspecified atom stereocenters. The van der Waals surface area contributed by atoms with Crippen molar-refractivity contribution in [3.8, 4) is 0 Å². The number of sulfonamides is 1. The van der Waals surface area contributed by atoms with E-state index in [4.69, 9.17) is 16.7 Å². The van der Waals surface area contributed by atoms with E-state index in [1.54, 1.807) is 0 Å². The van der Waals surface area contributed by atoms with Gasteiger partial charge in [-0.2, -0.15) is 17.5 Å². The van der Waals surface area contributed by atoms with Crippen LogP contribution in [0, 0.1) is 0 Å². The van der Waals surface area contributed by atoms with E-state index in [1.165, 1.54) is 60.7 Å². The highest BCUT2D eigenvalue weighted by molar-refractivity contribution is 7.89. The maximum atomic E-state index is 13.3. The normalized spacial score (nSPS) is 12.2. The number of carboxylic acids is 1. The first-order chi connectivity index (χ1) is 15.0. The quantitative estimate of drug-likeness (QED) is 0.485. The molecular weight excluding hydrogens is 467 g/mol. The van der Waals surface area contributed by atoms with Gasteiger partial charge in [0.15, 0.2) is 0 Å². The molecule has 3 aromatic carbocycles. The van der Waals surface area contributed by atoms with Gasteiger partial charge in [-0.15, -0.1) is 0 Å². The molecule has 0 aliphatic carbocycles. The molecular formula is C22H17ClF3NO4S. The smallest absolute Gasteiger partial charge is 0.416 e. The molecule has 0 aromatic heterocycles. The van der Waals surface area contributed by atoms with Crippen molar-refractivity contribution in [1.82, 2.24) is 4.31 Å². The van der Waals surface area contributed by atoms with Gasteiger partial charge in [0.1, 0.15) is 0 Å². The summed E-state index contributed by atoms with van der Waals surface area (Å²) in [4.78, 5) is 11.0. The van der Waals surface area contributed by atoms with Crippen molar-refractivity contribution in [2.45, 2.75) is 24.2 Å². The Balaban J connectivity index is 1.94. The molecule has 0 bridgehead atoms. The van der Waals surface area contributed by atoms with Gasteiger partial charge in [0.05, 0.1) is 16.0 Å². The second kappa shape index (κ2) is 9.32. The van der Waals surface area contributed by atoms with Gasteiger partial charge in [-0.3, -0.25) is 0 Å². The molecule has 32 heavy (non-hydrogen) atoms. The summed E-state index contributed by atoms with van der Waals surface area (Å²) < 4.78 is 66.2. The van der Waals surface area contributed by atoms with Crippen molar-refractivity contribution in [1.29, 1.82) is 0 Å². The molecule has 5 nitrogen and oxygen atoms in total. The molecule has 0 amide bonds. The van der Waals surface area contributed by atoms with Crippen molar-refractivity contribution in [2.24, 2.45) is 0 Å². The number of halogens is 4. The van der Waals surface area contributed by atoms with Crippen LogP contribution in [0.1, 0.15) is 27.0 Å². The van der Waals surface area contributed by atoms with E-state index in [2.05, 4.69) is 0 Å². The minimum absolute atomic E-state index is 0.0315. The van der Waals surface area contributed by atoms with Crippen molar-refractivity contribution in [3.63, 3.8) is 0 Å². The summed E-state index contributed by atoms with van der Waals surface area (Å²) in [5.41, 5.74) is 0.0818. The van der Waals surface area contributed by atoms with Gasteiger partial charge in [-0.25, -0.2) is 13.2 Å². The molecule has 0 radical (unpaired) electrons.